The molecule has 4 nitrogen and oxygen atoms in total. The fourth-order valence-electron chi connectivity index (χ4n) is 0.254. The predicted molar refractivity (Wildman–Crippen MR) is 28.5 cm³/mol. The summed E-state index contributed by atoms with van der Waals surface area (Å²) in [6, 6.07) is 0. The summed E-state index contributed by atoms with van der Waals surface area (Å²) in [4.78, 5) is 3.64. The Balaban J connectivity index is 3.04. The molecule has 0 aliphatic heterocycles. The minimum atomic E-state index is 0.256. The van der Waals surface area contributed by atoms with Gasteiger partial charge in [0.2, 0.25) is 5.95 Å². The highest BCUT2D eigenvalue weighted by Gasteiger charge is 1.88. The van der Waals surface area contributed by atoms with Crippen molar-refractivity contribution in [2.24, 2.45) is 0 Å². The molecule has 0 unspecified atom stereocenters. The van der Waals surface area contributed by atoms with Crippen LogP contribution in [0.5, 0.6) is 0 Å². The molecule has 0 amide bonds. The van der Waals surface area contributed by atoms with Gasteiger partial charge in [-0.25, -0.2) is 0 Å². The lowest BCUT2D eigenvalue weighted by Crippen LogP contribution is -1.84. The smallest absolute Gasteiger partial charge is 0.240 e. The van der Waals surface area contributed by atoms with Crippen molar-refractivity contribution >= 4 is 21.9 Å². The van der Waals surface area contributed by atoms with Crippen LogP contribution in [0.2, 0.25) is 0 Å². The van der Waals surface area contributed by atoms with Crippen LogP contribution in [-0.2, 0) is 0 Å². The van der Waals surface area contributed by atoms with Crippen LogP contribution in [0.1, 0.15) is 0 Å². The normalized spacial score (nSPS) is 9.29. The Bertz CT molecular complexity index is 142. The van der Waals surface area contributed by atoms with Crippen LogP contribution in [0.15, 0.2) is 4.73 Å². The molecule has 0 spiro atoms. The van der Waals surface area contributed by atoms with E-state index in [0.717, 1.165) is 0 Å². The first-order valence-electron chi connectivity index (χ1n) is 1.62. The molecular weight excluding hydrogens is 160 g/mol. The van der Waals surface area contributed by atoms with Gasteiger partial charge in [-0.1, -0.05) is 0 Å². The summed E-state index contributed by atoms with van der Waals surface area (Å²) < 4.78 is 0.560. The molecule has 0 radical (unpaired) electrons. The zero-order valence-electron chi connectivity index (χ0n) is 3.35. The molecule has 1 aromatic rings. The number of nitrogen functional groups attached to an aromatic ring is 1. The Morgan fingerprint density at radius 2 is 2.43 bits per heavy atom. The summed E-state index contributed by atoms with van der Waals surface area (Å²) in [5, 5.41) is 6.01. The summed E-state index contributed by atoms with van der Waals surface area (Å²) in [6.07, 6.45) is 0. The summed E-state index contributed by atoms with van der Waals surface area (Å²) >= 11 is 3.02. The van der Waals surface area contributed by atoms with E-state index in [1.165, 1.54) is 0 Å². The first-order chi connectivity index (χ1) is 3.29. The van der Waals surface area contributed by atoms with Crippen LogP contribution < -0.4 is 5.73 Å². The van der Waals surface area contributed by atoms with Gasteiger partial charge in [-0.3, -0.25) is 5.10 Å². The zero-order valence-corrected chi connectivity index (χ0v) is 4.94. The number of aromatic amines is 1. The lowest BCUT2D eigenvalue weighted by Gasteiger charge is -1.67. The summed E-state index contributed by atoms with van der Waals surface area (Å²) in [6.45, 7) is 0. The highest BCUT2D eigenvalue weighted by atomic mass is 79.9. The molecule has 0 bridgehead atoms. The SMILES string of the molecule is Nc1n[nH]c(Br)n1. The first kappa shape index (κ1) is 4.58. The number of anilines is 1. The number of nitrogens with one attached hydrogen (secondary N) is 1. The molecule has 0 saturated heterocycles. The van der Waals surface area contributed by atoms with Crippen molar-refractivity contribution in [3.05, 3.63) is 4.73 Å². The second-order valence-electron chi connectivity index (χ2n) is 0.984. The van der Waals surface area contributed by atoms with Crippen LogP contribution in [0.25, 0.3) is 0 Å². The van der Waals surface area contributed by atoms with E-state index in [0.29, 0.717) is 4.73 Å². The van der Waals surface area contributed by atoms with Crippen LogP contribution in [0.3, 0.4) is 0 Å². The Labute approximate surface area is 48.3 Å². The van der Waals surface area contributed by atoms with Gasteiger partial charge in [0, 0.05) is 0 Å². The third-order valence-electron chi connectivity index (χ3n) is 0.475. The maximum atomic E-state index is 5.10. The lowest BCUT2D eigenvalue weighted by molar-refractivity contribution is 1.07. The topological polar surface area (TPSA) is 67.6 Å². The highest BCUT2D eigenvalue weighted by Crippen LogP contribution is 1.99. The number of halogens is 1. The molecule has 0 aliphatic rings. The number of aromatic nitrogens is 3. The number of nitrogens with zero attached hydrogens (tertiary/aromatic N) is 2. The Kier molecular flexibility index (Phi) is 0.976. The average Bonchev–Trinajstić information content (AvgIpc) is 1.87. The molecular formula is C2H3BrN4. The van der Waals surface area contributed by atoms with Crippen molar-refractivity contribution in [2.45, 2.75) is 0 Å². The largest absolute Gasteiger partial charge is 0.366 e. The predicted octanol–water partition coefficient (Wildman–Crippen LogP) is 0.149. The van der Waals surface area contributed by atoms with Gasteiger partial charge in [0.15, 0.2) is 4.73 Å². The van der Waals surface area contributed by atoms with Gasteiger partial charge in [0.25, 0.3) is 0 Å². The maximum absolute atomic E-state index is 5.10. The third-order valence-corrected chi connectivity index (χ3v) is 0.830. The number of hydrogen-bond donors (Lipinski definition) is 2. The van der Waals surface area contributed by atoms with Crippen LogP contribution in [0, 0.1) is 0 Å². The molecule has 1 aromatic heterocycles. The lowest BCUT2D eigenvalue weighted by atomic mass is 11.1. The number of H-pyrrole nitrogens is 1. The third kappa shape index (κ3) is 0.894. The quantitative estimate of drug-likeness (QED) is 0.571. The molecule has 7 heavy (non-hydrogen) atoms. The number of rotatable bonds is 0. The van der Waals surface area contributed by atoms with E-state index in [1.807, 2.05) is 0 Å². The number of nitrogens with two attached hydrogens (primary N) is 1. The molecule has 1 heterocycles. The second-order valence-corrected chi connectivity index (χ2v) is 1.74. The van der Waals surface area contributed by atoms with Crippen LogP contribution in [-0.4, -0.2) is 15.2 Å². The van der Waals surface area contributed by atoms with E-state index >= 15 is 0 Å². The van der Waals surface area contributed by atoms with Gasteiger partial charge in [0.05, 0.1) is 0 Å². The van der Waals surface area contributed by atoms with Gasteiger partial charge in [-0.15, -0.1) is 5.10 Å². The van der Waals surface area contributed by atoms with Crippen molar-refractivity contribution < 1.29 is 0 Å². The Hall–Kier alpha value is -0.580. The molecule has 0 fully saturated rings. The molecule has 1 rings (SSSR count). The molecule has 0 saturated carbocycles. The van der Waals surface area contributed by atoms with Crippen molar-refractivity contribution in [2.75, 3.05) is 5.73 Å². The molecule has 0 aliphatic carbocycles. The molecule has 38 valence electrons. The van der Waals surface area contributed by atoms with E-state index in [1.54, 1.807) is 0 Å². The minimum absolute atomic E-state index is 0.256. The van der Waals surface area contributed by atoms with E-state index in [-0.39, 0.29) is 5.95 Å². The van der Waals surface area contributed by atoms with E-state index in [4.69, 9.17) is 5.73 Å². The fourth-order valence-corrected chi connectivity index (χ4v) is 0.524. The molecule has 0 atom stereocenters. The number of hydrogen-bond acceptors (Lipinski definition) is 3. The minimum Gasteiger partial charge on any atom is -0.366 e. The molecule has 5 heteroatoms. The van der Waals surface area contributed by atoms with E-state index in [2.05, 4.69) is 31.1 Å². The Morgan fingerprint density at radius 1 is 1.71 bits per heavy atom. The monoisotopic (exact) mass is 162 g/mol. The van der Waals surface area contributed by atoms with Gasteiger partial charge in [0.1, 0.15) is 0 Å². The summed E-state index contributed by atoms with van der Waals surface area (Å²) in [7, 11) is 0. The van der Waals surface area contributed by atoms with Gasteiger partial charge in [-0.2, -0.15) is 4.98 Å². The summed E-state index contributed by atoms with van der Waals surface area (Å²) in [5.41, 5.74) is 5.10. The van der Waals surface area contributed by atoms with Crippen LogP contribution >= 0.6 is 15.9 Å². The van der Waals surface area contributed by atoms with Crippen molar-refractivity contribution in [3.63, 3.8) is 0 Å². The van der Waals surface area contributed by atoms with Gasteiger partial charge >= 0.3 is 0 Å². The van der Waals surface area contributed by atoms with Gasteiger partial charge in [-0.05, 0) is 15.9 Å². The maximum Gasteiger partial charge on any atom is 0.240 e. The van der Waals surface area contributed by atoms with Crippen molar-refractivity contribution in [3.8, 4) is 0 Å². The van der Waals surface area contributed by atoms with Crippen molar-refractivity contribution in [1.82, 2.24) is 15.2 Å². The zero-order chi connectivity index (χ0) is 5.28. The standard InChI is InChI=1S/C2H3BrN4/c3-1-5-2(4)7-6-1/h(H3,4,5,6,7). The average molecular weight is 163 g/mol. The Morgan fingerprint density at radius 3 is 2.57 bits per heavy atom. The van der Waals surface area contributed by atoms with Crippen molar-refractivity contribution in [1.29, 1.82) is 0 Å². The second kappa shape index (κ2) is 1.49. The highest BCUT2D eigenvalue weighted by molar-refractivity contribution is 9.10. The van der Waals surface area contributed by atoms with E-state index < -0.39 is 0 Å². The first-order valence-corrected chi connectivity index (χ1v) is 2.42. The van der Waals surface area contributed by atoms with E-state index in [9.17, 15) is 0 Å². The van der Waals surface area contributed by atoms with Gasteiger partial charge < -0.3 is 5.73 Å². The van der Waals surface area contributed by atoms with Crippen LogP contribution in [0.4, 0.5) is 5.95 Å². The molecule has 0 aromatic carbocycles. The summed E-state index contributed by atoms with van der Waals surface area (Å²) in [5.74, 6) is 0.256. The fraction of sp³-hybridized carbons (Fsp3) is 0. The molecule has 3 N–H and O–H groups in total.